The molecular formula is C22H29N5O3. The van der Waals surface area contributed by atoms with Crippen molar-refractivity contribution in [2.45, 2.75) is 39.0 Å². The van der Waals surface area contributed by atoms with E-state index in [0.717, 1.165) is 24.1 Å². The molecule has 1 aromatic carbocycles. The lowest BCUT2D eigenvalue weighted by molar-refractivity contribution is -0.128. The van der Waals surface area contributed by atoms with Crippen molar-refractivity contribution in [3.63, 3.8) is 0 Å². The van der Waals surface area contributed by atoms with E-state index in [9.17, 15) is 9.59 Å². The van der Waals surface area contributed by atoms with Crippen molar-refractivity contribution < 1.29 is 14.3 Å². The van der Waals surface area contributed by atoms with Crippen LogP contribution < -0.4 is 5.32 Å². The standard InChI is InChI=1S/C22H29N5O3/c1-15(28)26(3)13-18-12-20(23-2)25-21(24-18)19-6-5-11-27(19)22(29)17-9-7-16(8-10-17)14-30-4/h7-10,12,19H,5-6,11,13-14H2,1-4H3,(H,23,24,25)/t19-/m1/s1. The van der Waals surface area contributed by atoms with Crippen molar-refractivity contribution in [3.8, 4) is 0 Å². The van der Waals surface area contributed by atoms with Gasteiger partial charge in [0.25, 0.3) is 5.91 Å². The van der Waals surface area contributed by atoms with Crippen molar-refractivity contribution in [3.05, 3.63) is 53.0 Å². The molecule has 8 heteroatoms. The molecule has 0 bridgehead atoms. The molecule has 1 aromatic heterocycles. The van der Waals surface area contributed by atoms with Gasteiger partial charge in [0.15, 0.2) is 5.82 Å². The first-order valence-corrected chi connectivity index (χ1v) is 10.1. The predicted molar refractivity (Wildman–Crippen MR) is 114 cm³/mol. The topological polar surface area (TPSA) is 87.7 Å². The van der Waals surface area contributed by atoms with Crippen LogP contribution in [0.1, 0.15) is 53.2 Å². The van der Waals surface area contributed by atoms with Crippen LogP contribution in [0.4, 0.5) is 5.82 Å². The molecule has 160 valence electrons. The van der Waals surface area contributed by atoms with Gasteiger partial charge in [0.1, 0.15) is 5.82 Å². The molecule has 1 atom stereocenters. The lowest BCUT2D eigenvalue weighted by Gasteiger charge is -2.25. The maximum absolute atomic E-state index is 13.2. The summed E-state index contributed by atoms with van der Waals surface area (Å²) in [5.41, 5.74) is 2.41. The molecule has 0 unspecified atom stereocenters. The Hall–Kier alpha value is -3.00. The summed E-state index contributed by atoms with van der Waals surface area (Å²) in [7, 11) is 5.18. The number of anilines is 1. The van der Waals surface area contributed by atoms with Gasteiger partial charge in [-0.05, 0) is 30.5 Å². The van der Waals surface area contributed by atoms with Crippen LogP contribution >= 0.6 is 0 Å². The minimum Gasteiger partial charge on any atom is -0.380 e. The zero-order valence-electron chi connectivity index (χ0n) is 18.0. The molecule has 2 heterocycles. The number of aromatic nitrogens is 2. The van der Waals surface area contributed by atoms with E-state index in [1.165, 1.54) is 6.92 Å². The van der Waals surface area contributed by atoms with Gasteiger partial charge in [-0.1, -0.05) is 12.1 Å². The van der Waals surface area contributed by atoms with Gasteiger partial charge in [-0.15, -0.1) is 0 Å². The summed E-state index contributed by atoms with van der Waals surface area (Å²) >= 11 is 0. The highest BCUT2D eigenvalue weighted by Crippen LogP contribution is 2.32. The van der Waals surface area contributed by atoms with E-state index in [4.69, 9.17) is 9.72 Å². The fourth-order valence-electron chi connectivity index (χ4n) is 3.58. The Balaban J connectivity index is 1.85. The van der Waals surface area contributed by atoms with E-state index >= 15 is 0 Å². The summed E-state index contributed by atoms with van der Waals surface area (Å²) in [6.45, 7) is 3.10. The number of amides is 2. The van der Waals surface area contributed by atoms with Crippen LogP contribution in [0.5, 0.6) is 0 Å². The minimum atomic E-state index is -0.189. The number of carbonyl (C=O) groups excluding carboxylic acids is 2. The summed E-state index contributed by atoms with van der Waals surface area (Å²) < 4.78 is 5.14. The van der Waals surface area contributed by atoms with Crippen LogP contribution in [0, 0.1) is 0 Å². The molecule has 2 amide bonds. The third-order valence-electron chi connectivity index (χ3n) is 5.31. The van der Waals surface area contributed by atoms with E-state index in [1.54, 1.807) is 26.1 Å². The summed E-state index contributed by atoms with van der Waals surface area (Å²) in [6.07, 6.45) is 1.71. The highest BCUT2D eigenvalue weighted by atomic mass is 16.5. The number of ether oxygens (including phenoxy) is 1. The summed E-state index contributed by atoms with van der Waals surface area (Å²) in [4.78, 5) is 37.5. The highest BCUT2D eigenvalue weighted by molar-refractivity contribution is 5.94. The van der Waals surface area contributed by atoms with Crippen molar-refractivity contribution >= 4 is 17.6 Å². The molecule has 0 radical (unpaired) electrons. The van der Waals surface area contributed by atoms with Gasteiger partial charge in [0, 0.05) is 46.3 Å². The summed E-state index contributed by atoms with van der Waals surface area (Å²) in [5, 5.41) is 3.06. The zero-order valence-corrected chi connectivity index (χ0v) is 18.0. The average Bonchev–Trinajstić information content (AvgIpc) is 3.23. The maximum atomic E-state index is 13.2. The SMILES string of the molecule is CNc1cc(CN(C)C(C)=O)nc([C@H]2CCCN2C(=O)c2ccc(COC)cc2)n1. The number of hydrogen-bond donors (Lipinski definition) is 1. The second-order valence-electron chi connectivity index (χ2n) is 7.51. The lowest BCUT2D eigenvalue weighted by Crippen LogP contribution is -2.32. The Bertz CT molecular complexity index is 900. The Morgan fingerprint density at radius 3 is 2.63 bits per heavy atom. The third kappa shape index (κ3) is 4.94. The number of carbonyl (C=O) groups is 2. The quantitative estimate of drug-likeness (QED) is 0.754. The molecule has 1 saturated heterocycles. The molecule has 1 aliphatic rings. The number of rotatable bonds is 7. The van der Waals surface area contributed by atoms with Crippen LogP contribution in [0.25, 0.3) is 0 Å². The van der Waals surface area contributed by atoms with Gasteiger partial charge in [-0.25, -0.2) is 9.97 Å². The van der Waals surface area contributed by atoms with Gasteiger partial charge in [0.2, 0.25) is 5.91 Å². The molecule has 1 fully saturated rings. The summed E-state index contributed by atoms with van der Waals surface area (Å²) in [5.74, 6) is 1.23. The smallest absolute Gasteiger partial charge is 0.254 e. The number of nitrogens with zero attached hydrogens (tertiary/aromatic N) is 4. The molecule has 0 saturated carbocycles. The van der Waals surface area contributed by atoms with Crippen molar-refractivity contribution in [2.75, 3.05) is 33.1 Å². The van der Waals surface area contributed by atoms with Crippen molar-refractivity contribution in [1.29, 1.82) is 0 Å². The second-order valence-corrected chi connectivity index (χ2v) is 7.51. The molecule has 3 rings (SSSR count). The number of nitrogens with one attached hydrogen (secondary N) is 1. The van der Waals surface area contributed by atoms with Crippen LogP contribution in [-0.4, -0.2) is 59.3 Å². The number of benzene rings is 1. The van der Waals surface area contributed by atoms with E-state index in [-0.39, 0.29) is 17.9 Å². The van der Waals surface area contributed by atoms with Gasteiger partial charge in [-0.3, -0.25) is 9.59 Å². The Morgan fingerprint density at radius 1 is 1.27 bits per heavy atom. The highest BCUT2D eigenvalue weighted by Gasteiger charge is 2.33. The van der Waals surface area contributed by atoms with Gasteiger partial charge in [-0.2, -0.15) is 0 Å². The van der Waals surface area contributed by atoms with Gasteiger partial charge < -0.3 is 19.9 Å². The molecule has 1 aliphatic heterocycles. The van der Waals surface area contributed by atoms with Gasteiger partial charge in [0.05, 0.1) is 24.9 Å². The monoisotopic (exact) mass is 411 g/mol. The number of likely N-dealkylation sites (tertiary alicyclic amines) is 1. The van der Waals surface area contributed by atoms with E-state index < -0.39 is 0 Å². The Kier molecular flexibility index (Phi) is 6.99. The molecule has 30 heavy (non-hydrogen) atoms. The molecule has 0 spiro atoms. The maximum Gasteiger partial charge on any atom is 0.254 e. The number of hydrogen-bond acceptors (Lipinski definition) is 6. The summed E-state index contributed by atoms with van der Waals surface area (Å²) in [6, 6.07) is 9.14. The Morgan fingerprint density at radius 2 is 2.00 bits per heavy atom. The fourth-order valence-corrected chi connectivity index (χ4v) is 3.58. The van der Waals surface area contributed by atoms with E-state index in [1.807, 2.05) is 35.2 Å². The van der Waals surface area contributed by atoms with Crippen LogP contribution in [0.2, 0.25) is 0 Å². The average molecular weight is 412 g/mol. The van der Waals surface area contributed by atoms with Crippen molar-refractivity contribution in [1.82, 2.24) is 19.8 Å². The first-order chi connectivity index (χ1) is 14.4. The molecule has 2 aromatic rings. The first kappa shape index (κ1) is 21.7. The second kappa shape index (κ2) is 9.67. The van der Waals surface area contributed by atoms with E-state index in [2.05, 4.69) is 10.3 Å². The normalized spacial score (nSPS) is 15.9. The van der Waals surface area contributed by atoms with Crippen molar-refractivity contribution in [2.24, 2.45) is 0 Å². The Labute approximate surface area is 177 Å². The molecule has 0 aliphatic carbocycles. The van der Waals surface area contributed by atoms with Crippen LogP contribution in [0.3, 0.4) is 0 Å². The molecule has 8 nitrogen and oxygen atoms in total. The zero-order chi connectivity index (χ0) is 21.7. The van der Waals surface area contributed by atoms with E-state index in [0.29, 0.717) is 36.9 Å². The molecular weight excluding hydrogens is 382 g/mol. The third-order valence-corrected chi connectivity index (χ3v) is 5.31. The van der Waals surface area contributed by atoms with Gasteiger partial charge >= 0.3 is 0 Å². The first-order valence-electron chi connectivity index (χ1n) is 10.1. The minimum absolute atomic E-state index is 0.0256. The van der Waals surface area contributed by atoms with Crippen LogP contribution in [-0.2, 0) is 22.7 Å². The lowest BCUT2D eigenvalue weighted by atomic mass is 10.1. The fraction of sp³-hybridized carbons (Fsp3) is 0.455. The molecule has 1 N–H and O–H groups in total. The predicted octanol–water partition coefficient (Wildman–Crippen LogP) is 2.62. The largest absolute Gasteiger partial charge is 0.380 e. The number of methoxy groups -OCH3 is 1. The van der Waals surface area contributed by atoms with Crippen LogP contribution in [0.15, 0.2) is 30.3 Å².